The highest BCUT2D eigenvalue weighted by atomic mass is 16.6. The number of ether oxygens (including phenoxy) is 1. The maximum absolute atomic E-state index is 12.6. The van der Waals surface area contributed by atoms with Gasteiger partial charge in [0.1, 0.15) is 12.6 Å². The van der Waals surface area contributed by atoms with E-state index in [2.05, 4.69) is 24.3 Å². The van der Waals surface area contributed by atoms with Gasteiger partial charge in [-0.25, -0.2) is 9.59 Å². The molecule has 0 bridgehead atoms. The second-order valence-corrected chi connectivity index (χ2v) is 7.74. The maximum Gasteiger partial charge on any atom is 0.410 e. The van der Waals surface area contributed by atoms with Crippen LogP contribution in [0, 0.1) is 5.92 Å². The number of carbonyl (C=O) groups is 2. The van der Waals surface area contributed by atoms with E-state index < -0.39 is 18.1 Å². The second kappa shape index (κ2) is 8.46. The smallest absolute Gasteiger partial charge is 0.410 e. The van der Waals surface area contributed by atoms with Crippen molar-refractivity contribution in [3.8, 4) is 11.1 Å². The standard InChI is InChI=1S/C23H27NO4/c1-15(2)12-13-21(22(25)26)24(3)23(27)28-14-20-18-10-6-4-8-16(18)17-9-5-7-11-19(17)20/h4-11,15,20-21H,12-14H2,1-3H3,(H,25,26)/t21-/m1/s1. The normalized spacial score (nSPS) is 13.7. The van der Waals surface area contributed by atoms with Crippen LogP contribution in [0.1, 0.15) is 43.7 Å². The molecule has 0 saturated carbocycles. The summed E-state index contributed by atoms with van der Waals surface area (Å²) in [5.41, 5.74) is 4.59. The van der Waals surface area contributed by atoms with Crippen molar-refractivity contribution in [2.45, 2.75) is 38.6 Å². The number of carboxylic acid groups (broad SMARTS) is 1. The van der Waals surface area contributed by atoms with Crippen LogP contribution in [0.4, 0.5) is 4.79 Å². The Hall–Kier alpha value is -2.82. The fraction of sp³-hybridized carbons (Fsp3) is 0.391. The molecule has 1 aliphatic rings. The summed E-state index contributed by atoms with van der Waals surface area (Å²) in [5.74, 6) is -0.668. The molecule has 0 radical (unpaired) electrons. The minimum absolute atomic E-state index is 0.0382. The van der Waals surface area contributed by atoms with Gasteiger partial charge in [0, 0.05) is 13.0 Å². The number of carbonyl (C=O) groups excluding carboxylic acids is 1. The highest BCUT2D eigenvalue weighted by molar-refractivity contribution is 5.81. The number of aliphatic carboxylic acids is 1. The van der Waals surface area contributed by atoms with E-state index in [-0.39, 0.29) is 12.5 Å². The van der Waals surface area contributed by atoms with Crippen LogP contribution in [0.25, 0.3) is 11.1 Å². The summed E-state index contributed by atoms with van der Waals surface area (Å²) in [4.78, 5) is 25.4. The van der Waals surface area contributed by atoms with Crippen molar-refractivity contribution in [1.82, 2.24) is 4.90 Å². The first-order valence-corrected chi connectivity index (χ1v) is 9.70. The number of amides is 1. The molecule has 3 rings (SSSR count). The Bertz CT molecular complexity index is 816. The van der Waals surface area contributed by atoms with Crippen molar-refractivity contribution >= 4 is 12.1 Å². The van der Waals surface area contributed by atoms with Crippen LogP contribution in [0.2, 0.25) is 0 Å². The Labute approximate surface area is 165 Å². The van der Waals surface area contributed by atoms with Crippen molar-refractivity contribution in [1.29, 1.82) is 0 Å². The second-order valence-electron chi connectivity index (χ2n) is 7.74. The Morgan fingerprint density at radius 1 is 1.00 bits per heavy atom. The molecule has 1 atom stereocenters. The molecular formula is C23H27NO4. The van der Waals surface area contributed by atoms with E-state index in [0.717, 1.165) is 28.7 Å². The van der Waals surface area contributed by atoms with Gasteiger partial charge in [-0.2, -0.15) is 0 Å². The Morgan fingerprint density at radius 2 is 1.54 bits per heavy atom. The first kappa shape index (κ1) is 19.9. The first-order chi connectivity index (χ1) is 13.4. The zero-order valence-corrected chi connectivity index (χ0v) is 16.6. The van der Waals surface area contributed by atoms with Crippen LogP contribution in [0.3, 0.4) is 0 Å². The van der Waals surface area contributed by atoms with Crippen molar-refractivity contribution < 1.29 is 19.4 Å². The molecule has 148 valence electrons. The highest BCUT2D eigenvalue weighted by Gasteiger charge is 2.31. The molecular weight excluding hydrogens is 354 g/mol. The molecule has 2 aromatic rings. The lowest BCUT2D eigenvalue weighted by Crippen LogP contribution is -2.43. The summed E-state index contributed by atoms with van der Waals surface area (Å²) >= 11 is 0. The van der Waals surface area contributed by atoms with Crippen molar-refractivity contribution in [3.05, 3.63) is 59.7 Å². The van der Waals surface area contributed by atoms with Crippen LogP contribution in [-0.4, -0.2) is 41.8 Å². The molecule has 1 aliphatic carbocycles. The minimum atomic E-state index is -1.00. The van der Waals surface area contributed by atoms with Crippen LogP contribution in [0.5, 0.6) is 0 Å². The van der Waals surface area contributed by atoms with E-state index in [1.54, 1.807) is 0 Å². The summed E-state index contributed by atoms with van der Waals surface area (Å²) in [5, 5.41) is 9.50. The molecule has 0 aliphatic heterocycles. The number of fused-ring (bicyclic) bond motifs is 3. The van der Waals surface area contributed by atoms with Gasteiger partial charge in [0.2, 0.25) is 0 Å². The van der Waals surface area contributed by atoms with Gasteiger partial charge in [-0.15, -0.1) is 0 Å². The largest absolute Gasteiger partial charge is 0.480 e. The Balaban J connectivity index is 1.71. The molecule has 0 saturated heterocycles. The van der Waals surface area contributed by atoms with Gasteiger partial charge in [0.15, 0.2) is 0 Å². The van der Waals surface area contributed by atoms with E-state index >= 15 is 0 Å². The Morgan fingerprint density at radius 3 is 2.04 bits per heavy atom. The highest BCUT2D eigenvalue weighted by Crippen LogP contribution is 2.44. The molecule has 0 spiro atoms. The van der Waals surface area contributed by atoms with E-state index in [1.165, 1.54) is 11.9 Å². The average molecular weight is 381 g/mol. The van der Waals surface area contributed by atoms with Crippen LogP contribution < -0.4 is 0 Å². The number of hydrogen-bond acceptors (Lipinski definition) is 3. The number of rotatable bonds is 7. The summed E-state index contributed by atoms with van der Waals surface area (Å²) in [6.45, 7) is 4.26. The number of benzene rings is 2. The van der Waals surface area contributed by atoms with Gasteiger partial charge in [-0.1, -0.05) is 62.4 Å². The molecule has 0 unspecified atom stereocenters. The molecule has 5 heteroatoms. The molecule has 28 heavy (non-hydrogen) atoms. The van der Waals surface area contributed by atoms with Crippen LogP contribution >= 0.6 is 0 Å². The predicted molar refractivity (Wildman–Crippen MR) is 108 cm³/mol. The summed E-state index contributed by atoms with van der Waals surface area (Å²) in [7, 11) is 1.50. The van der Waals surface area contributed by atoms with E-state index in [0.29, 0.717) is 12.3 Å². The number of hydrogen-bond donors (Lipinski definition) is 1. The lowest BCUT2D eigenvalue weighted by molar-refractivity contribution is -0.142. The van der Waals surface area contributed by atoms with Crippen LogP contribution in [0.15, 0.2) is 48.5 Å². The zero-order valence-electron chi connectivity index (χ0n) is 16.6. The monoisotopic (exact) mass is 381 g/mol. The fourth-order valence-corrected chi connectivity index (χ4v) is 3.80. The summed E-state index contributed by atoms with van der Waals surface area (Å²) in [6.07, 6.45) is 0.545. The van der Waals surface area contributed by atoms with Gasteiger partial charge in [-0.3, -0.25) is 4.90 Å². The fourth-order valence-electron chi connectivity index (χ4n) is 3.80. The molecule has 1 N–H and O–H groups in total. The quantitative estimate of drug-likeness (QED) is 0.751. The van der Waals surface area contributed by atoms with E-state index in [1.807, 2.05) is 38.1 Å². The average Bonchev–Trinajstić information content (AvgIpc) is 2.99. The number of likely N-dealkylation sites (N-methyl/N-ethyl adjacent to an activating group) is 1. The molecule has 0 fully saturated rings. The third-order valence-electron chi connectivity index (χ3n) is 5.39. The van der Waals surface area contributed by atoms with Crippen molar-refractivity contribution in [2.75, 3.05) is 13.7 Å². The summed E-state index contributed by atoms with van der Waals surface area (Å²) in [6, 6.07) is 15.4. The molecule has 0 heterocycles. The van der Waals surface area contributed by atoms with Gasteiger partial charge >= 0.3 is 12.1 Å². The number of carboxylic acids is 1. The van der Waals surface area contributed by atoms with Gasteiger partial charge in [0.05, 0.1) is 0 Å². The molecule has 2 aromatic carbocycles. The number of nitrogens with zero attached hydrogens (tertiary/aromatic N) is 1. The molecule has 1 amide bonds. The predicted octanol–water partition coefficient (Wildman–Crippen LogP) is 4.76. The molecule has 5 nitrogen and oxygen atoms in total. The van der Waals surface area contributed by atoms with Crippen molar-refractivity contribution in [3.63, 3.8) is 0 Å². The third kappa shape index (κ3) is 4.03. The van der Waals surface area contributed by atoms with E-state index in [9.17, 15) is 14.7 Å². The maximum atomic E-state index is 12.6. The lowest BCUT2D eigenvalue weighted by Gasteiger charge is -2.25. The SMILES string of the molecule is CC(C)CC[C@H](C(=O)O)N(C)C(=O)OCC1c2ccccc2-c2ccccc21. The lowest BCUT2D eigenvalue weighted by atomic mass is 9.98. The third-order valence-corrected chi connectivity index (χ3v) is 5.39. The van der Waals surface area contributed by atoms with Gasteiger partial charge < -0.3 is 9.84 Å². The minimum Gasteiger partial charge on any atom is -0.480 e. The first-order valence-electron chi connectivity index (χ1n) is 9.70. The Kier molecular flexibility index (Phi) is 6.02. The van der Waals surface area contributed by atoms with E-state index in [4.69, 9.17) is 4.74 Å². The summed E-state index contributed by atoms with van der Waals surface area (Å²) < 4.78 is 5.56. The molecule has 0 aromatic heterocycles. The zero-order chi connectivity index (χ0) is 20.3. The van der Waals surface area contributed by atoms with Crippen molar-refractivity contribution in [2.24, 2.45) is 5.92 Å². The van der Waals surface area contributed by atoms with Gasteiger partial charge in [-0.05, 0) is 41.0 Å². The van der Waals surface area contributed by atoms with Crippen LogP contribution in [-0.2, 0) is 9.53 Å². The topological polar surface area (TPSA) is 66.8 Å². The van der Waals surface area contributed by atoms with Gasteiger partial charge in [0.25, 0.3) is 0 Å².